The predicted octanol–water partition coefficient (Wildman–Crippen LogP) is 5.15. The van der Waals surface area contributed by atoms with Crippen molar-refractivity contribution in [2.75, 3.05) is 22.9 Å². The summed E-state index contributed by atoms with van der Waals surface area (Å²) in [7, 11) is 0. The molecular formula is C27H28N4. The summed E-state index contributed by atoms with van der Waals surface area (Å²) in [6.07, 6.45) is 0. The summed E-state index contributed by atoms with van der Waals surface area (Å²) in [5, 5.41) is 0. The van der Waals surface area contributed by atoms with E-state index in [2.05, 4.69) is 43.3 Å². The molecule has 31 heavy (non-hydrogen) atoms. The first kappa shape index (κ1) is 20.4. The number of anilines is 4. The van der Waals surface area contributed by atoms with Gasteiger partial charge in [-0.05, 0) is 76.7 Å². The van der Waals surface area contributed by atoms with Crippen molar-refractivity contribution in [1.29, 1.82) is 0 Å². The molecule has 0 spiro atoms. The van der Waals surface area contributed by atoms with Crippen molar-refractivity contribution in [3.8, 4) is 0 Å². The number of hydrogen-bond donors (Lipinski definition) is 4. The monoisotopic (exact) mass is 408 g/mol. The van der Waals surface area contributed by atoms with Crippen LogP contribution in [0.5, 0.6) is 0 Å². The first-order valence-corrected chi connectivity index (χ1v) is 10.3. The molecule has 0 bridgehead atoms. The quantitative estimate of drug-likeness (QED) is 0.271. The number of nitrogens with two attached hydrogens (primary N) is 4. The molecule has 4 nitrogen and oxygen atoms in total. The molecule has 0 aliphatic carbocycles. The van der Waals surface area contributed by atoms with Crippen LogP contribution in [-0.2, 0) is 5.41 Å². The molecule has 0 fully saturated rings. The van der Waals surface area contributed by atoms with Gasteiger partial charge in [-0.25, -0.2) is 0 Å². The van der Waals surface area contributed by atoms with Crippen LogP contribution >= 0.6 is 0 Å². The fourth-order valence-electron chi connectivity index (χ4n) is 4.60. The third-order valence-corrected chi connectivity index (χ3v) is 6.14. The number of benzene rings is 4. The molecule has 0 aliphatic rings. The molecule has 0 amide bonds. The molecule has 0 aliphatic heterocycles. The van der Waals surface area contributed by atoms with E-state index in [-0.39, 0.29) is 5.92 Å². The van der Waals surface area contributed by atoms with E-state index >= 15 is 0 Å². The fraction of sp³-hybridized carbons (Fsp3) is 0.111. The topological polar surface area (TPSA) is 104 Å². The minimum atomic E-state index is -0.547. The Kier molecular flexibility index (Phi) is 5.30. The minimum Gasteiger partial charge on any atom is -0.399 e. The van der Waals surface area contributed by atoms with E-state index < -0.39 is 5.41 Å². The number of rotatable bonds is 5. The zero-order valence-corrected chi connectivity index (χ0v) is 17.6. The lowest BCUT2D eigenvalue weighted by atomic mass is 9.60. The molecule has 1 atom stereocenters. The lowest BCUT2D eigenvalue weighted by Gasteiger charge is -2.42. The summed E-state index contributed by atoms with van der Waals surface area (Å²) >= 11 is 0. The fourth-order valence-corrected chi connectivity index (χ4v) is 4.60. The highest BCUT2D eigenvalue weighted by Crippen LogP contribution is 2.50. The van der Waals surface area contributed by atoms with Crippen molar-refractivity contribution in [3.05, 3.63) is 119 Å². The van der Waals surface area contributed by atoms with Crippen LogP contribution in [0.2, 0.25) is 0 Å². The van der Waals surface area contributed by atoms with Gasteiger partial charge in [-0.3, -0.25) is 0 Å². The Morgan fingerprint density at radius 3 is 1.42 bits per heavy atom. The zero-order chi connectivity index (χ0) is 22.0. The molecule has 0 radical (unpaired) electrons. The van der Waals surface area contributed by atoms with Crippen LogP contribution in [0.15, 0.2) is 97.1 Å². The molecule has 1 unspecified atom stereocenters. The van der Waals surface area contributed by atoms with Crippen molar-refractivity contribution in [2.45, 2.75) is 18.3 Å². The summed E-state index contributed by atoms with van der Waals surface area (Å²) in [6.45, 7) is 2.23. The van der Waals surface area contributed by atoms with E-state index in [1.54, 1.807) is 0 Å². The van der Waals surface area contributed by atoms with Gasteiger partial charge in [0.05, 0.1) is 5.41 Å². The van der Waals surface area contributed by atoms with Gasteiger partial charge in [-0.2, -0.15) is 0 Å². The van der Waals surface area contributed by atoms with Crippen molar-refractivity contribution < 1.29 is 0 Å². The Balaban J connectivity index is 2.10. The van der Waals surface area contributed by atoms with Crippen LogP contribution in [-0.4, -0.2) is 0 Å². The Hall–Kier alpha value is -3.92. The second-order valence-electron chi connectivity index (χ2n) is 8.07. The third-order valence-electron chi connectivity index (χ3n) is 6.14. The van der Waals surface area contributed by atoms with Gasteiger partial charge < -0.3 is 22.9 Å². The van der Waals surface area contributed by atoms with E-state index in [4.69, 9.17) is 22.9 Å². The minimum absolute atomic E-state index is 0.0420. The Morgan fingerprint density at radius 2 is 0.968 bits per heavy atom. The van der Waals surface area contributed by atoms with Gasteiger partial charge in [0.15, 0.2) is 0 Å². The maximum absolute atomic E-state index is 6.26. The van der Waals surface area contributed by atoms with Crippen LogP contribution in [0.25, 0.3) is 0 Å². The SMILES string of the molecule is CC(c1ccc(N)cc1)C(c1ccc(N)cc1)(c1cccc(N)c1)c1cccc(N)c1. The predicted molar refractivity (Wildman–Crippen MR) is 132 cm³/mol. The average molecular weight is 409 g/mol. The van der Waals surface area contributed by atoms with Gasteiger partial charge in [0.2, 0.25) is 0 Å². The standard InChI is InChI=1S/C27H28N4/c1-18(19-8-12-23(28)13-9-19)27(20-10-14-24(29)15-11-20,21-4-2-6-25(30)16-21)22-5-3-7-26(31)17-22/h2-18H,28-31H2,1H3. The number of nitrogen functional groups attached to an aromatic ring is 4. The van der Waals surface area contributed by atoms with Crippen molar-refractivity contribution in [1.82, 2.24) is 0 Å². The van der Waals surface area contributed by atoms with Gasteiger partial charge >= 0.3 is 0 Å². The van der Waals surface area contributed by atoms with Crippen molar-refractivity contribution >= 4 is 22.7 Å². The molecule has 8 N–H and O–H groups in total. The Bertz CT molecular complexity index is 1140. The lowest BCUT2D eigenvalue weighted by Crippen LogP contribution is -2.35. The summed E-state index contributed by atoms with van der Waals surface area (Å²) in [6, 6.07) is 32.3. The van der Waals surface area contributed by atoms with E-state index in [0.717, 1.165) is 33.6 Å². The molecule has 156 valence electrons. The van der Waals surface area contributed by atoms with Crippen molar-refractivity contribution in [3.63, 3.8) is 0 Å². The second-order valence-corrected chi connectivity index (χ2v) is 8.07. The largest absolute Gasteiger partial charge is 0.399 e. The van der Waals surface area contributed by atoms with Gasteiger partial charge in [0, 0.05) is 22.7 Å². The summed E-state index contributed by atoms with van der Waals surface area (Å²) in [5.74, 6) is 0.0420. The van der Waals surface area contributed by atoms with E-state index in [0.29, 0.717) is 11.4 Å². The summed E-state index contributed by atoms with van der Waals surface area (Å²) in [5.41, 5.74) is 31.3. The average Bonchev–Trinajstić information content (AvgIpc) is 2.76. The Labute approximate surface area is 183 Å². The van der Waals surface area contributed by atoms with E-state index in [9.17, 15) is 0 Å². The van der Waals surface area contributed by atoms with E-state index in [1.165, 1.54) is 0 Å². The highest BCUT2D eigenvalue weighted by atomic mass is 14.6. The van der Waals surface area contributed by atoms with Crippen LogP contribution in [0.3, 0.4) is 0 Å². The molecule has 4 aromatic carbocycles. The van der Waals surface area contributed by atoms with Crippen LogP contribution in [0.1, 0.15) is 35.1 Å². The zero-order valence-electron chi connectivity index (χ0n) is 17.6. The smallest absolute Gasteiger partial charge is 0.0518 e. The molecule has 0 saturated carbocycles. The van der Waals surface area contributed by atoms with Gasteiger partial charge in [-0.15, -0.1) is 0 Å². The van der Waals surface area contributed by atoms with E-state index in [1.807, 2.05) is 60.7 Å². The molecule has 4 aromatic rings. The maximum Gasteiger partial charge on any atom is 0.0518 e. The Morgan fingerprint density at radius 1 is 0.516 bits per heavy atom. The van der Waals surface area contributed by atoms with Gasteiger partial charge in [0.25, 0.3) is 0 Å². The maximum atomic E-state index is 6.26. The molecule has 4 heteroatoms. The second kappa shape index (κ2) is 8.07. The van der Waals surface area contributed by atoms with Crippen LogP contribution in [0.4, 0.5) is 22.7 Å². The highest BCUT2D eigenvalue weighted by molar-refractivity contribution is 5.61. The highest BCUT2D eigenvalue weighted by Gasteiger charge is 2.42. The third kappa shape index (κ3) is 3.68. The van der Waals surface area contributed by atoms with Gasteiger partial charge in [0.1, 0.15) is 0 Å². The first-order valence-electron chi connectivity index (χ1n) is 10.3. The normalized spacial score (nSPS) is 12.4. The van der Waals surface area contributed by atoms with Crippen LogP contribution in [0, 0.1) is 0 Å². The van der Waals surface area contributed by atoms with Crippen LogP contribution < -0.4 is 22.9 Å². The molecular weight excluding hydrogens is 380 g/mol. The van der Waals surface area contributed by atoms with Crippen molar-refractivity contribution in [2.24, 2.45) is 0 Å². The summed E-state index contributed by atoms with van der Waals surface area (Å²) in [4.78, 5) is 0. The first-order chi connectivity index (χ1) is 14.9. The van der Waals surface area contributed by atoms with Gasteiger partial charge in [-0.1, -0.05) is 55.5 Å². The molecule has 0 saturated heterocycles. The lowest BCUT2D eigenvalue weighted by molar-refractivity contribution is 0.511. The molecule has 4 rings (SSSR count). The number of hydrogen-bond acceptors (Lipinski definition) is 4. The summed E-state index contributed by atoms with van der Waals surface area (Å²) < 4.78 is 0. The molecule has 0 aromatic heterocycles. The molecule has 0 heterocycles.